The molecule has 0 aliphatic carbocycles. The molecule has 1 aromatic rings. The first kappa shape index (κ1) is 25.7. The normalized spacial score (nSPS) is 16.7. The van der Waals surface area contributed by atoms with Crippen molar-refractivity contribution in [3.8, 4) is 0 Å². The van der Waals surface area contributed by atoms with Gasteiger partial charge in [-0.05, 0) is 37.6 Å². The van der Waals surface area contributed by atoms with E-state index in [1.807, 2.05) is 11.8 Å². The van der Waals surface area contributed by atoms with Crippen LogP contribution in [-0.2, 0) is 17.9 Å². The van der Waals surface area contributed by atoms with Crippen molar-refractivity contribution in [2.75, 3.05) is 32.7 Å². The van der Waals surface area contributed by atoms with Crippen LogP contribution in [0.4, 0.5) is 0 Å². The number of aliphatic imine (C=N–C) groups is 1. The van der Waals surface area contributed by atoms with E-state index in [1.165, 1.54) is 11.1 Å². The molecule has 1 amide bonds. The Morgan fingerprint density at radius 3 is 2.48 bits per heavy atom. The summed E-state index contributed by atoms with van der Waals surface area (Å²) >= 11 is 0. The van der Waals surface area contributed by atoms with Gasteiger partial charge < -0.3 is 15.5 Å². The van der Waals surface area contributed by atoms with Crippen LogP contribution in [0.15, 0.2) is 29.3 Å². The van der Waals surface area contributed by atoms with Gasteiger partial charge in [0.2, 0.25) is 5.91 Å². The van der Waals surface area contributed by atoms with E-state index in [0.717, 1.165) is 51.6 Å². The second-order valence-corrected chi connectivity index (χ2v) is 7.25. The number of guanidine groups is 1. The zero-order valence-electron chi connectivity index (χ0n) is 18.4. The zero-order chi connectivity index (χ0) is 20.4. The van der Waals surface area contributed by atoms with Crippen LogP contribution in [0, 0.1) is 0 Å². The highest BCUT2D eigenvalue weighted by molar-refractivity contribution is 14.0. The fourth-order valence-corrected chi connectivity index (χ4v) is 3.56. The predicted octanol–water partition coefficient (Wildman–Crippen LogP) is 3.21. The first-order valence-corrected chi connectivity index (χ1v) is 10.7. The van der Waals surface area contributed by atoms with Gasteiger partial charge in [-0.2, -0.15) is 0 Å². The first-order chi connectivity index (χ1) is 13.6. The molecule has 1 aliphatic heterocycles. The third-order valence-electron chi connectivity index (χ3n) is 5.34. The number of hydrogen-bond acceptors (Lipinski definition) is 3. The summed E-state index contributed by atoms with van der Waals surface area (Å²) in [5, 5.41) is 6.86. The van der Waals surface area contributed by atoms with Crippen LogP contribution in [0.5, 0.6) is 0 Å². The van der Waals surface area contributed by atoms with Crippen molar-refractivity contribution in [3.05, 3.63) is 35.4 Å². The van der Waals surface area contributed by atoms with E-state index in [9.17, 15) is 4.79 Å². The van der Waals surface area contributed by atoms with Crippen LogP contribution in [0.2, 0.25) is 0 Å². The summed E-state index contributed by atoms with van der Waals surface area (Å²) < 4.78 is 0. The average molecular weight is 515 g/mol. The number of nitrogens with zero attached hydrogens (tertiary/aromatic N) is 3. The number of likely N-dealkylation sites (tertiary alicyclic amines) is 1. The molecule has 7 heteroatoms. The molecular formula is C22H38IN5O. The van der Waals surface area contributed by atoms with E-state index in [1.54, 1.807) is 0 Å². The van der Waals surface area contributed by atoms with Crippen molar-refractivity contribution in [1.29, 1.82) is 0 Å². The molecule has 0 aromatic heterocycles. The minimum atomic E-state index is 0. The Kier molecular flexibility index (Phi) is 12.2. The van der Waals surface area contributed by atoms with E-state index in [-0.39, 0.29) is 35.9 Å². The third kappa shape index (κ3) is 8.12. The van der Waals surface area contributed by atoms with Crippen LogP contribution >= 0.6 is 24.0 Å². The zero-order valence-corrected chi connectivity index (χ0v) is 20.7. The standard InChI is InChI=1S/C22H37N5O.HI/c1-5-21(28)27-14-13-20(17-27)25-22(23-6-2)24-15-18-11-9-10-12-19(18)16-26(7-3)8-4;/h9-12,20H,5-8,13-17H2,1-4H3,(H2,23,24,25);1H. The average Bonchev–Trinajstić information content (AvgIpc) is 3.19. The molecule has 6 nitrogen and oxygen atoms in total. The molecule has 1 heterocycles. The second kappa shape index (κ2) is 13.8. The number of carbonyl (C=O) groups is 1. The largest absolute Gasteiger partial charge is 0.357 e. The lowest BCUT2D eigenvalue weighted by Crippen LogP contribution is -2.45. The number of rotatable bonds is 9. The Balaban J connectivity index is 0.00000420. The van der Waals surface area contributed by atoms with E-state index in [2.05, 4.69) is 60.6 Å². The molecular weight excluding hydrogens is 477 g/mol. The second-order valence-electron chi connectivity index (χ2n) is 7.25. The van der Waals surface area contributed by atoms with Gasteiger partial charge in [-0.15, -0.1) is 24.0 Å². The minimum Gasteiger partial charge on any atom is -0.357 e. The van der Waals surface area contributed by atoms with Crippen LogP contribution in [-0.4, -0.2) is 60.4 Å². The van der Waals surface area contributed by atoms with Gasteiger partial charge in [0.1, 0.15) is 0 Å². The Morgan fingerprint density at radius 2 is 1.86 bits per heavy atom. The maximum absolute atomic E-state index is 11.9. The van der Waals surface area contributed by atoms with E-state index < -0.39 is 0 Å². The molecule has 1 aliphatic rings. The SMILES string of the molecule is CCNC(=NCc1ccccc1CN(CC)CC)NC1CCN(C(=O)CC)C1.I. The summed E-state index contributed by atoms with van der Waals surface area (Å²) in [6.07, 6.45) is 1.54. The van der Waals surface area contributed by atoms with Gasteiger partial charge in [-0.3, -0.25) is 9.69 Å². The molecule has 0 spiro atoms. The van der Waals surface area contributed by atoms with Crippen LogP contribution in [0.1, 0.15) is 51.7 Å². The summed E-state index contributed by atoms with van der Waals surface area (Å²) in [5.74, 6) is 1.06. The van der Waals surface area contributed by atoms with Gasteiger partial charge in [0.15, 0.2) is 5.96 Å². The molecule has 2 rings (SSSR count). The Labute approximate surface area is 193 Å². The number of hydrogen-bond donors (Lipinski definition) is 2. The summed E-state index contributed by atoms with van der Waals surface area (Å²) in [5.41, 5.74) is 2.60. The van der Waals surface area contributed by atoms with E-state index >= 15 is 0 Å². The molecule has 0 radical (unpaired) electrons. The number of benzene rings is 1. The highest BCUT2D eigenvalue weighted by atomic mass is 127. The van der Waals surface area contributed by atoms with E-state index in [0.29, 0.717) is 13.0 Å². The van der Waals surface area contributed by atoms with Gasteiger partial charge in [-0.25, -0.2) is 4.99 Å². The lowest BCUT2D eigenvalue weighted by Gasteiger charge is -2.20. The van der Waals surface area contributed by atoms with Crippen LogP contribution < -0.4 is 10.6 Å². The highest BCUT2D eigenvalue weighted by Gasteiger charge is 2.25. The monoisotopic (exact) mass is 515 g/mol. The Morgan fingerprint density at radius 1 is 1.17 bits per heavy atom. The van der Waals surface area contributed by atoms with Crippen LogP contribution in [0.25, 0.3) is 0 Å². The maximum Gasteiger partial charge on any atom is 0.222 e. The summed E-state index contributed by atoms with van der Waals surface area (Å²) in [6.45, 7) is 14.5. The summed E-state index contributed by atoms with van der Waals surface area (Å²) in [6, 6.07) is 8.83. The first-order valence-electron chi connectivity index (χ1n) is 10.7. The number of amides is 1. The molecule has 1 atom stereocenters. The van der Waals surface area contributed by atoms with Crippen molar-refractivity contribution < 1.29 is 4.79 Å². The number of carbonyl (C=O) groups excluding carboxylic acids is 1. The molecule has 1 saturated heterocycles. The topological polar surface area (TPSA) is 60.0 Å². The Bertz CT molecular complexity index is 648. The lowest BCUT2D eigenvalue weighted by atomic mass is 10.1. The van der Waals surface area contributed by atoms with Crippen molar-refractivity contribution in [2.24, 2.45) is 4.99 Å². The van der Waals surface area contributed by atoms with Crippen molar-refractivity contribution in [3.63, 3.8) is 0 Å². The molecule has 0 bridgehead atoms. The molecule has 1 aromatic carbocycles. The lowest BCUT2D eigenvalue weighted by molar-refractivity contribution is -0.129. The third-order valence-corrected chi connectivity index (χ3v) is 5.34. The van der Waals surface area contributed by atoms with E-state index in [4.69, 9.17) is 4.99 Å². The summed E-state index contributed by atoms with van der Waals surface area (Å²) in [4.78, 5) is 21.1. The van der Waals surface area contributed by atoms with Crippen molar-refractivity contribution >= 4 is 35.8 Å². The van der Waals surface area contributed by atoms with Crippen molar-refractivity contribution in [2.45, 2.75) is 59.7 Å². The van der Waals surface area contributed by atoms with Gasteiger partial charge in [0.25, 0.3) is 0 Å². The Hall–Kier alpha value is -1.35. The van der Waals surface area contributed by atoms with Gasteiger partial charge in [0, 0.05) is 38.6 Å². The van der Waals surface area contributed by atoms with Crippen molar-refractivity contribution in [1.82, 2.24) is 20.4 Å². The molecule has 1 fully saturated rings. The highest BCUT2D eigenvalue weighted by Crippen LogP contribution is 2.14. The predicted molar refractivity (Wildman–Crippen MR) is 132 cm³/mol. The van der Waals surface area contributed by atoms with Gasteiger partial charge >= 0.3 is 0 Å². The minimum absolute atomic E-state index is 0. The number of nitrogens with one attached hydrogen (secondary N) is 2. The molecule has 2 N–H and O–H groups in total. The van der Waals surface area contributed by atoms with Crippen LogP contribution in [0.3, 0.4) is 0 Å². The fraction of sp³-hybridized carbons (Fsp3) is 0.636. The van der Waals surface area contributed by atoms with Gasteiger partial charge in [-0.1, -0.05) is 45.0 Å². The maximum atomic E-state index is 11.9. The smallest absolute Gasteiger partial charge is 0.222 e. The van der Waals surface area contributed by atoms with Gasteiger partial charge in [0.05, 0.1) is 6.54 Å². The quantitative estimate of drug-likeness (QED) is 0.301. The molecule has 164 valence electrons. The molecule has 1 unspecified atom stereocenters. The summed E-state index contributed by atoms with van der Waals surface area (Å²) in [7, 11) is 0. The fourth-order valence-electron chi connectivity index (χ4n) is 3.56. The molecule has 0 saturated carbocycles. The molecule has 29 heavy (non-hydrogen) atoms. The number of halogens is 1.